The molecule has 6 heteroatoms. The van der Waals surface area contributed by atoms with Crippen LogP contribution in [0.1, 0.15) is 35.7 Å². The van der Waals surface area contributed by atoms with E-state index in [-0.39, 0.29) is 5.91 Å². The predicted molar refractivity (Wildman–Crippen MR) is 116 cm³/mol. The summed E-state index contributed by atoms with van der Waals surface area (Å²) in [5.74, 6) is 1.89. The van der Waals surface area contributed by atoms with Gasteiger partial charge >= 0.3 is 0 Å². The molecule has 0 unspecified atom stereocenters. The molecule has 0 aliphatic rings. The van der Waals surface area contributed by atoms with Gasteiger partial charge in [0.1, 0.15) is 17.3 Å². The molecule has 0 spiro atoms. The second kappa shape index (κ2) is 9.10. The number of para-hydroxylation sites is 1. The number of hydrogen-bond acceptors (Lipinski definition) is 5. The second-order valence-corrected chi connectivity index (χ2v) is 6.82. The molecule has 150 valence electrons. The molecule has 0 saturated carbocycles. The fraction of sp³-hybridized carbons (Fsp3) is 0.217. The molecule has 0 bridgehead atoms. The zero-order valence-electron chi connectivity index (χ0n) is 17.0. The van der Waals surface area contributed by atoms with Crippen LogP contribution in [0.3, 0.4) is 0 Å². The van der Waals surface area contributed by atoms with E-state index in [4.69, 9.17) is 9.47 Å². The number of carbonyl (C=O) groups excluding carboxylic acids is 1. The molecule has 0 aliphatic carbocycles. The van der Waals surface area contributed by atoms with Crippen molar-refractivity contribution in [1.29, 1.82) is 0 Å². The smallest absolute Gasteiger partial charge is 0.255 e. The van der Waals surface area contributed by atoms with Gasteiger partial charge in [0.25, 0.3) is 5.91 Å². The molecule has 0 fully saturated rings. The van der Waals surface area contributed by atoms with Gasteiger partial charge in [0.05, 0.1) is 19.9 Å². The van der Waals surface area contributed by atoms with Crippen LogP contribution in [-0.4, -0.2) is 25.1 Å². The molecule has 1 aromatic heterocycles. The quantitative estimate of drug-likeness (QED) is 0.578. The molecule has 2 aromatic carbocycles. The van der Waals surface area contributed by atoms with Gasteiger partial charge in [0.15, 0.2) is 0 Å². The van der Waals surface area contributed by atoms with Crippen LogP contribution in [0.15, 0.2) is 60.8 Å². The standard InChI is InChI=1S/C23H25N3O3/c1-15(2)18-7-5-6-8-19(18)25-22-13-16(11-12-24-22)23(27)26-20-10-9-17(28-3)14-21(20)29-4/h5-15H,1-4H3,(H,24,25)(H,26,27). The van der Waals surface area contributed by atoms with Gasteiger partial charge in [-0.05, 0) is 41.8 Å². The molecule has 29 heavy (non-hydrogen) atoms. The SMILES string of the molecule is COc1ccc(NC(=O)c2ccnc(Nc3ccccc3C(C)C)c2)c(OC)c1. The van der Waals surface area contributed by atoms with E-state index < -0.39 is 0 Å². The van der Waals surface area contributed by atoms with Crippen LogP contribution < -0.4 is 20.1 Å². The van der Waals surface area contributed by atoms with Gasteiger partial charge in [-0.3, -0.25) is 4.79 Å². The maximum absolute atomic E-state index is 12.8. The second-order valence-electron chi connectivity index (χ2n) is 6.82. The summed E-state index contributed by atoms with van der Waals surface area (Å²) in [4.78, 5) is 17.1. The van der Waals surface area contributed by atoms with Crippen LogP contribution in [0.2, 0.25) is 0 Å². The molecule has 3 rings (SSSR count). The molecule has 0 saturated heterocycles. The van der Waals surface area contributed by atoms with Crippen LogP contribution in [-0.2, 0) is 0 Å². The lowest BCUT2D eigenvalue weighted by molar-refractivity contribution is 0.102. The maximum Gasteiger partial charge on any atom is 0.255 e. The number of rotatable bonds is 7. The first-order valence-corrected chi connectivity index (χ1v) is 9.37. The third-order valence-electron chi connectivity index (χ3n) is 4.52. The normalized spacial score (nSPS) is 10.5. The van der Waals surface area contributed by atoms with E-state index >= 15 is 0 Å². The first kappa shape index (κ1) is 20.2. The summed E-state index contributed by atoms with van der Waals surface area (Å²) in [5.41, 5.74) is 3.22. The van der Waals surface area contributed by atoms with Crippen LogP contribution in [0.5, 0.6) is 11.5 Å². The minimum atomic E-state index is -0.254. The Morgan fingerprint density at radius 1 is 0.966 bits per heavy atom. The summed E-state index contributed by atoms with van der Waals surface area (Å²) < 4.78 is 10.5. The van der Waals surface area contributed by atoms with Crippen LogP contribution in [0.25, 0.3) is 0 Å². The predicted octanol–water partition coefficient (Wildman–Crippen LogP) is 5.22. The van der Waals surface area contributed by atoms with Crippen molar-refractivity contribution in [1.82, 2.24) is 4.98 Å². The first-order chi connectivity index (χ1) is 14.0. The van der Waals surface area contributed by atoms with Crippen molar-refractivity contribution >= 4 is 23.1 Å². The Morgan fingerprint density at radius 3 is 2.48 bits per heavy atom. The van der Waals surface area contributed by atoms with Crippen molar-refractivity contribution in [3.8, 4) is 11.5 Å². The fourth-order valence-corrected chi connectivity index (χ4v) is 2.99. The molecule has 1 heterocycles. The Bertz CT molecular complexity index is 1000. The zero-order valence-corrected chi connectivity index (χ0v) is 17.0. The molecule has 2 N–H and O–H groups in total. The number of aromatic nitrogens is 1. The summed E-state index contributed by atoms with van der Waals surface area (Å²) in [6.07, 6.45) is 1.61. The molecule has 0 atom stereocenters. The topological polar surface area (TPSA) is 72.5 Å². The van der Waals surface area contributed by atoms with E-state index in [1.807, 2.05) is 18.2 Å². The summed E-state index contributed by atoms with van der Waals surface area (Å²) in [7, 11) is 3.13. The lowest BCUT2D eigenvalue weighted by atomic mass is 10.0. The van der Waals surface area contributed by atoms with Crippen molar-refractivity contribution in [2.24, 2.45) is 0 Å². The van der Waals surface area contributed by atoms with Gasteiger partial charge in [-0.15, -0.1) is 0 Å². The molecule has 3 aromatic rings. The summed E-state index contributed by atoms with van der Waals surface area (Å²) in [6, 6.07) is 16.7. The van der Waals surface area contributed by atoms with Crippen LogP contribution >= 0.6 is 0 Å². The number of nitrogens with zero attached hydrogens (tertiary/aromatic N) is 1. The Labute approximate surface area is 170 Å². The number of amides is 1. The molecular formula is C23H25N3O3. The highest BCUT2D eigenvalue weighted by Crippen LogP contribution is 2.30. The fourth-order valence-electron chi connectivity index (χ4n) is 2.99. The largest absolute Gasteiger partial charge is 0.497 e. The summed E-state index contributed by atoms with van der Waals surface area (Å²) in [5, 5.41) is 6.19. The number of ether oxygens (including phenoxy) is 2. The number of nitrogens with one attached hydrogen (secondary N) is 2. The Kier molecular flexibility index (Phi) is 6.34. The van der Waals surface area contributed by atoms with Crippen LogP contribution in [0, 0.1) is 0 Å². The summed E-state index contributed by atoms with van der Waals surface area (Å²) in [6.45, 7) is 4.28. The molecule has 1 amide bonds. The highest BCUT2D eigenvalue weighted by Gasteiger charge is 2.13. The highest BCUT2D eigenvalue weighted by atomic mass is 16.5. The highest BCUT2D eigenvalue weighted by molar-refractivity contribution is 6.05. The van der Waals surface area contributed by atoms with Crippen molar-refractivity contribution in [2.75, 3.05) is 24.9 Å². The molecule has 6 nitrogen and oxygen atoms in total. The average Bonchev–Trinajstić information content (AvgIpc) is 2.74. The Morgan fingerprint density at radius 2 is 1.76 bits per heavy atom. The molecular weight excluding hydrogens is 366 g/mol. The maximum atomic E-state index is 12.8. The minimum absolute atomic E-state index is 0.254. The van der Waals surface area contributed by atoms with Gasteiger partial charge in [-0.1, -0.05) is 32.0 Å². The van der Waals surface area contributed by atoms with Crippen molar-refractivity contribution < 1.29 is 14.3 Å². The van der Waals surface area contributed by atoms with E-state index in [1.54, 1.807) is 50.7 Å². The van der Waals surface area contributed by atoms with Gasteiger partial charge < -0.3 is 20.1 Å². The van der Waals surface area contributed by atoms with Gasteiger partial charge in [0.2, 0.25) is 0 Å². The van der Waals surface area contributed by atoms with E-state index in [2.05, 4.69) is 35.5 Å². The number of hydrogen-bond donors (Lipinski definition) is 2. The number of carbonyl (C=O) groups is 1. The van der Waals surface area contributed by atoms with Gasteiger partial charge in [0, 0.05) is 23.5 Å². The van der Waals surface area contributed by atoms with E-state index in [1.165, 1.54) is 5.56 Å². The monoisotopic (exact) mass is 391 g/mol. The van der Waals surface area contributed by atoms with E-state index in [9.17, 15) is 4.79 Å². The number of anilines is 3. The van der Waals surface area contributed by atoms with E-state index in [0.29, 0.717) is 34.5 Å². The third kappa shape index (κ3) is 4.85. The zero-order chi connectivity index (χ0) is 20.8. The average molecular weight is 391 g/mol. The first-order valence-electron chi connectivity index (χ1n) is 9.37. The molecule has 0 radical (unpaired) electrons. The van der Waals surface area contributed by atoms with Gasteiger partial charge in [-0.25, -0.2) is 4.98 Å². The lowest BCUT2D eigenvalue weighted by Gasteiger charge is -2.15. The Balaban J connectivity index is 1.80. The lowest BCUT2D eigenvalue weighted by Crippen LogP contribution is -2.13. The summed E-state index contributed by atoms with van der Waals surface area (Å²) >= 11 is 0. The number of pyridine rings is 1. The molecule has 0 aliphatic heterocycles. The minimum Gasteiger partial charge on any atom is -0.497 e. The van der Waals surface area contributed by atoms with E-state index in [0.717, 1.165) is 5.69 Å². The van der Waals surface area contributed by atoms with Crippen molar-refractivity contribution in [3.63, 3.8) is 0 Å². The number of benzene rings is 2. The Hall–Kier alpha value is -3.54. The van der Waals surface area contributed by atoms with Crippen LogP contribution in [0.4, 0.5) is 17.2 Å². The van der Waals surface area contributed by atoms with Gasteiger partial charge in [-0.2, -0.15) is 0 Å². The number of methoxy groups -OCH3 is 2. The third-order valence-corrected chi connectivity index (χ3v) is 4.52. The van der Waals surface area contributed by atoms with Crippen molar-refractivity contribution in [2.45, 2.75) is 19.8 Å². The van der Waals surface area contributed by atoms with Crippen molar-refractivity contribution in [3.05, 3.63) is 71.9 Å².